The number of hydrogen-bond donors (Lipinski definition) is 1. The predicted octanol–water partition coefficient (Wildman–Crippen LogP) is 3.35. The van der Waals surface area contributed by atoms with Gasteiger partial charge in [-0.1, -0.05) is 0 Å². The molecule has 0 amide bonds. The molecular weight excluding hydrogens is 236 g/mol. The van der Waals surface area contributed by atoms with Crippen LogP contribution in [0.2, 0.25) is 0 Å². The third-order valence-electron chi connectivity index (χ3n) is 3.44. The van der Waals surface area contributed by atoms with E-state index >= 15 is 0 Å². The van der Waals surface area contributed by atoms with Crippen molar-refractivity contribution in [1.29, 1.82) is 0 Å². The van der Waals surface area contributed by atoms with Crippen LogP contribution in [0.4, 0.5) is 5.69 Å². The molecule has 0 aliphatic carbocycles. The summed E-state index contributed by atoms with van der Waals surface area (Å²) in [6.07, 6.45) is 2.64. The largest absolute Gasteiger partial charge is 0.487 e. The quantitative estimate of drug-likeness (QED) is 0.849. The fourth-order valence-electron chi connectivity index (χ4n) is 2.66. The second kappa shape index (κ2) is 3.98. The number of hydrogen-bond acceptors (Lipinski definition) is 3. The Balaban J connectivity index is 2.04. The number of anilines is 1. The van der Waals surface area contributed by atoms with E-state index < -0.39 is 0 Å². The van der Waals surface area contributed by atoms with Crippen molar-refractivity contribution in [1.82, 2.24) is 4.98 Å². The Kier molecular flexibility index (Phi) is 2.52. The molecule has 2 heterocycles. The molecule has 0 atom stereocenters. The van der Waals surface area contributed by atoms with Crippen LogP contribution in [0.5, 0.6) is 5.75 Å². The van der Waals surface area contributed by atoms with E-state index in [4.69, 9.17) is 10.5 Å². The Hall–Kier alpha value is -2.03. The maximum absolute atomic E-state index is 5.89. The van der Waals surface area contributed by atoms with Crippen molar-refractivity contribution in [2.45, 2.75) is 32.8 Å². The van der Waals surface area contributed by atoms with Gasteiger partial charge in [0.05, 0.1) is 17.6 Å². The molecule has 0 saturated heterocycles. The summed E-state index contributed by atoms with van der Waals surface area (Å²) >= 11 is 0. The van der Waals surface area contributed by atoms with Crippen LogP contribution in [0.25, 0.3) is 11.3 Å². The summed E-state index contributed by atoms with van der Waals surface area (Å²) in [5.74, 6) is 0.988. The third kappa shape index (κ3) is 2.16. The zero-order valence-electron chi connectivity index (χ0n) is 11.5. The number of aromatic nitrogens is 1. The van der Waals surface area contributed by atoms with Crippen LogP contribution in [-0.4, -0.2) is 10.6 Å². The monoisotopic (exact) mass is 254 g/mol. The van der Waals surface area contributed by atoms with Crippen molar-refractivity contribution in [2.24, 2.45) is 0 Å². The molecule has 0 fully saturated rings. The standard InChI is InChI=1S/C16H18N2O/c1-10-6-13(17)9-18-15(10)11-4-5-14-12(7-11)8-16(2,3)19-14/h4-7,9H,8,17H2,1-3H3. The second-order valence-electron chi connectivity index (χ2n) is 5.80. The Labute approximate surface area is 113 Å². The summed E-state index contributed by atoms with van der Waals surface area (Å²) < 4.78 is 5.89. The van der Waals surface area contributed by atoms with Crippen LogP contribution in [0.3, 0.4) is 0 Å². The van der Waals surface area contributed by atoms with Crippen LogP contribution in [-0.2, 0) is 6.42 Å². The van der Waals surface area contributed by atoms with E-state index in [2.05, 4.69) is 31.0 Å². The number of nitrogens with two attached hydrogens (primary N) is 1. The van der Waals surface area contributed by atoms with Gasteiger partial charge in [0.1, 0.15) is 11.4 Å². The van der Waals surface area contributed by atoms with Crippen LogP contribution in [0, 0.1) is 6.92 Å². The van der Waals surface area contributed by atoms with Crippen molar-refractivity contribution in [2.75, 3.05) is 5.73 Å². The summed E-state index contributed by atoms with van der Waals surface area (Å²) in [7, 11) is 0. The highest BCUT2D eigenvalue weighted by atomic mass is 16.5. The highest BCUT2D eigenvalue weighted by Gasteiger charge is 2.30. The van der Waals surface area contributed by atoms with E-state index in [0.29, 0.717) is 5.69 Å². The van der Waals surface area contributed by atoms with Gasteiger partial charge in [-0.2, -0.15) is 0 Å². The van der Waals surface area contributed by atoms with E-state index in [1.807, 2.05) is 19.1 Å². The summed E-state index contributed by atoms with van der Waals surface area (Å²) in [4.78, 5) is 4.44. The van der Waals surface area contributed by atoms with Crippen molar-refractivity contribution in [3.63, 3.8) is 0 Å². The number of benzene rings is 1. The maximum Gasteiger partial charge on any atom is 0.123 e. The van der Waals surface area contributed by atoms with Crippen LogP contribution in [0.15, 0.2) is 30.5 Å². The Morgan fingerprint density at radius 1 is 1.26 bits per heavy atom. The number of nitrogen functional groups attached to an aromatic ring is 1. The van der Waals surface area contributed by atoms with Crippen LogP contribution < -0.4 is 10.5 Å². The van der Waals surface area contributed by atoms with E-state index in [-0.39, 0.29) is 5.60 Å². The lowest BCUT2D eigenvalue weighted by Crippen LogP contribution is -2.24. The van der Waals surface area contributed by atoms with Gasteiger partial charge in [-0.25, -0.2) is 0 Å². The summed E-state index contributed by atoms with van der Waals surface area (Å²) in [5.41, 5.74) is 10.8. The number of rotatable bonds is 1. The van der Waals surface area contributed by atoms with Crippen molar-refractivity contribution >= 4 is 5.69 Å². The number of nitrogens with zero attached hydrogens (tertiary/aromatic N) is 1. The first-order valence-electron chi connectivity index (χ1n) is 6.49. The Morgan fingerprint density at radius 2 is 2.05 bits per heavy atom. The maximum atomic E-state index is 5.89. The molecule has 0 bridgehead atoms. The van der Waals surface area contributed by atoms with Crippen molar-refractivity contribution in [3.8, 4) is 17.0 Å². The first-order chi connectivity index (χ1) is 8.94. The topological polar surface area (TPSA) is 48.1 Å². The lowest BCUT2D eigenvalue weighted by atomic mass is 9.98. The molecule has 98 valence electrons. The molecule has 1 aliphatic rings. The van der Waals surface area contributed by atoms with Crippen molar-refractivity contribution < 1.29 is 4.74 Å². The smallest absolute Gasteiger partial charge is 0.123 e. The van der Waals surface area contributed by atoms with Crippen molar-refractivity contribution in [3.05, 3.63) is 41.6 Å². The van der Waals surface area contributed by atoms with Gasteiger partial charge in [0.25, 0.3) is 0 Å². The van der Waals surface area contributed by atoms with Crippen LogP contribution >= 0.6 is 0 Å². The Morgan fingerprint density at radius 3 is 2.79 bits per heavy atom. The predicted molar refractivity (Wildman–Crippen MR) is 77.2 cm³/mol. The second-order valence-corrected chi connectivity index (χ2v) is 5.80. The number of aryl methyl sites for hydroxylation is 1. The van der Waals surface area contributed by atoms with E-state index in [9.17, 15) is 0 Å². The summed E-state index contributed by atoms with van der Waals surface area (Å²) in [6, 6.07) is 8.23. The average Bonchev–Trinajstić information content (AvgIpc) is 2.61. The summed E-state index contributed by atoms with van der Waals surface area (Å²) in [5, 5.41) is 0. The molecule has 2 aromatic rings. The fraction of sp³-hybridized carbons (Fsp3) is 0.312. The Bertz CT molecular complexity index is 647. The molecule has 0 saturated carbocycles. The molecule has 0 radical (unpaired) electrons. The molecule has 0 spiro atoms. The number of ether oxygens (including phenoxy) is 1. The molecule has 0 unspecified atom stereocenters. The average molecular weight is 254 g/mol. The van der Waals surface area contributed by atoms with Gasteiger partial charge in [0, 0.05) is 12.0 Å². The van der Waals surface area contributed by atoms with E-state index in [0.717, 1.165) is 29.0 Å². The lowest BCUT2D eigenvalue weighted by Gasteiger charge is -2.16. The zero-order chi connectivity index (χ0) is 13.6. The fourth-order valence-corrected chi connectivity index (χ4v) is 2.66. The van der Waals surface area contributed by atoms with Gasteiger partial charge in [0.15, 0.2) is 0 Å². The molecule has 3 heteroatoms. The first kappa shape index (κ1) is 12.0. The number of pyridine rings is 1. The van der Waals surface area contributed by atoms with Crippen LogP contribution in [0.1, 0.15) is 25.0 Å². The minimum Gasteiger partial charge on any atom is -0.487 e. The minimum absolute atomic E-state index is 0.107. The highest BCUT2D eigenvalue weighted by Crippen LogP contribution is 2.37. The molecule has 2 N–H and O–H groups in total. The lowest BCUT2D eigenvalue weighted by molar-refractivity contribution is 0.138. The van der Waals surface area contributed by atoms with Gasteiger partial charge < -0.3 is 10.5 Å². The molecular formula is C16H18N2O. The summed E-state index contributed by atoms with van der Waals surface area (Å²) in [6.45, 7) is 6.26. The molecule has 19 heavy (non-hydrogen) atoms. The molecule has 3 nitrogen and oxygen atoms in total. The van der Waals surface area contributed by atoms with Gasteiger partial charge in [-0.3, -0.25) is 4.98 Å². The van der Waals surface area contributed by atoms with Gasteiger partial charge >= 0.3 is 0 Å². The first-order valence-corrected chi connectivity index (χ1v) is 6.49. The number of fused-ring (bicyclic) bond motifs is 1. The normalized spacial score (nSPS) is 15.9. The molecule has 1 aliphatic heterocycles. The third-order valence-corrected chi connectivity index (χ3v) is 3.44. The molecule has 1 aromatic carbocycles. The van der Waals surface area contributed by atoms with Gasteiger partial charge in [0.2, 0.25) is 0 Å². The van der Waals surface area contributed by atoms with Gasteiger partial charge in [-0.15, -0.1) is 0 Å². The zero-order valence-corrected chi connectivity index (χ0v) is 11.5. The highest BCUT2D eigenvalue weighted by molar-refractivity contribution is 5.67. The SMILES string of the molecule is Cc1cc(N)cnc1-c1ccc2c(c1)CC(C)(C)O2. The molecule has 1 aromatic heterocycles. The minimum atomic E-state index is -0.107. The molecule has 3 rings (SSSR count). The van der Waals surface area contributed by atoms with E-state index in [1.54, 1.807) is 6.20 Å². The van der Waals surface area contributed by atoms with Gasteiger partial charge in [-0.05, 0) is 56.2 Å². The van der Waals surface area contributed by atoms with E-state index in [1.165, 1.54) is 5.56 Å².